The third-order valence-electron chi connectivity index (χ3n) is 7.50. The summed E-state index contributed by atoms with van der Waals surface area (Å²) in [6, 6.07) is 18.8. The Labute approximate surface area is 260 Å². The van der Waals surface area contributed by atoms with Crippen molar-refractivity contribution in [2.24, 2.45) is 0 Å². The molecule has 0 aliphatic carbocycles. The summed E-state index contributed by atoms with van der Waals surface area (Å²) in [5.41, 5.74) is 4.25. The molecule has 1 amide bonds. The molecule has 5 rings (SSSR count). The number of hydrogen-bond acceptors (Lipinski definition) is 7. The number of benzene rings is 3. The van der Waals surface area contributed by atoms with Crippen LogP contribution in [0.3, 0.4) is 0 Å². The van der Waals surface area contributed by atoms with E-state index in [0.717, 1.165) is 29.8 Å². The summed E-state index contributed by atoms with van der Waals surface area (Å²) in [6.45, 7) is 3.59. The summed E-state index contributed by atoms with van der Waals surface area (Å²) in [5.74, 6) is -0.194. The third kappa shape index (κ3) is 7.49. The second kappa shape index (κ2) is 13.8. The minimum Gasteiger partial charge on any atom is -0.379 e. The van der Waals surface area contributed by atoms with Crippen LogP contribution < -0.4 is 10.9 Å². The van der Waals surface area contributed by atoms with Crippen molar-refractivity contribution in [3.05, 3.63) is 98.4 Å². The molecule has 1 fully saturated rings. The van der Waals surface area contributed by atoms with Gasteiger partial charge in [-0.2, -0.15) is 0 Å². The van der Waals surface area contributed by atoms with Crippen LogP contribution in [0.2, 0.25) is 10.0 Å². The van der Waals surface area contributed by atoms with Crippen LogP contribution in [0.15, 0.2) is 71.7 Å². The van der Waals surface area contributed by atoms with Gasteiger partial charge in [0.25, 0.3) is 11.5 Å². The molecule has 2 heterocycles. The van der Waals surface area contributed by atoms with Gasteiger partial charge in [-0.05, 0) is 41.0 Å². The molecule has 1 saturated heterocycles. The summed E-state index contributed by atoms with van der Waals surface area (Å²) >= 11 is 12.3. The minimum atomic E-state index is -0.390. The van der Waals surface area contributed by atoms with Crippen molar-refractivity contribution in [2.75, 3.05) is 53.5 Å². The van der Waals surface area contributed by atoms with Crippen LogP contribution in [0, 0.1) is 0 Å². The summed E-state index contributed by atoms with van der Waals surface area (Å²) < 4.78 is 6.89. The molecule has 43 heavy (non-hydrogen) atoms. The van der Waals surface area contributed by atoms with Crippen LogP contribution in [0.1, 0.15) is 22.0 Å². The zero-order valence-electron chi connectivity index (χ0n) is 24.1. The average Bonchev–Trinajstić information content (AvgIpc) is 3.02. The van der Waals surface area contributed by atoms with Crippen molar-refractivity contribution in [3.63, 3.8) is 0 Å². The predicted octanol–water partition coefficient (Wildman–Crippen LogP) is 4.30. The van der Waals surface area contributed by atoms with Gasteiger partial charge >= 0.3 is 0 Å². The molecular formula is C32H33Cl2N5O4. The lowest BCUT2D eigenvalue weighted by molar-refractivity contribution is -0.119. The maximum Gasteiger partial charge on any atom is 0.269 e. The van der Waals surface area contributed by atoms with E-state index >= 15 is 0 Å². The molecule has 11 heteroatoms. The molecule has 3 aromatic carbocycles. The van der Waals surface area contributed by atoms with Crippen LogP contribution in [0.4, 0.5) is 0 Å². The van der Waals surface area contributed by atoms with Crippen molar-refractivity contribution in [1.82, 2.24) is 24.7 Å². The van der Waals surface area contributed by atoms with Gasteiger partial charge in [-0.1, -0.05) is 59.6 Å². The maximum absolute atomic E-state index is 13.2. The second-order valence-electron chi connectivity index (χ2n) is 10.7. The Morgan fingerprint density at radius 1 is 0.977 bits per heavy atom. The van der Waals surface area contributed by atoms with Crippen LogP contribution in [-0.4, -0.2) is 84.5 Å². The molecule has 0 saturated carbocycles. The molecule has 1 N–H and O–H groups in total. The van der Waals surface area contributed by atoms with E-state index in [0.29, 0.717) is 41.4 Å². The first-order valence-electron chi connectivity index (χ1n) is 14.0. The van der Waals surface area contributed by atoms with E-state index in [4.69, 9.17) is 27.9 Å². The Kier molecular flexibility index (Phi) is 9.90. The van der Waals surface area contributed by atoms with E-state index in [1.165, 1.54) is 10.8 Å². The first-order chi connectivity index (χ1) is 20.7. The highest BCUT2D eigenvalue weighted by atomic mass is 35.5. The van der Waals surface area contributed by atoms with E-state index in [1.807, 2.05) is 36.4 Å². The fourth-order valence-corrected chi connectivity index (χ4v) is 5.41. The lowest BCUT2D eigenvalue weighted by atomic mass is 9.99. The summed E-state index contributed by atoms with van der Waals surface area (Å²) in [4.78, 5) is 46.1. The number of Topliss-reactive ketones (excluding diaryl/α,β-unsaturated/α-hetero) is 1. The van der Waals surface area contributed by atoms with Crippen LogP contribution in [0.25, 0.3) is 22.2 Å². The number of amides is 1. The number of aromatic nitrogens is 2. The molecule has 1 aliphatic rings. The Balaban J connectivity index is 1.31. The molecule has 224 valence electrons. The Bertz CT molecular complexity index is 1670. The predicted molar refractivity (Wildman–Crippen MR) is 169 cm³/mol. The first kappa shape index (κ1) is 30.8. The van der Waals surface area contributed by atoms with Gasteiger partial charge < -0.3 is 15.0 Å². The Morgan fingerprint density at radius 2 is 1.60 bits per heavy atom. The quantitative estimate of drug-likeness (QED) is 0.282. The van der Waals surface area contributed by atoms with Crippen LogP contribution in [0.5, 0.6) is 0 Å². The summed E-state index contributed by atoms with van der Waals surface area (Å²) in [5, 5.41) is 4.04. The fraction of sp³-hybridized carbons (Fsp3) is 0.312. The van der Waals surface area contributed by atoms with Crippen molar-refractivity contribution in [3.8, 4) is 11.1 Å². The van der Waals surface area contributed by atoms with Gasteiger partial charge in [0, 0.05) is 45.3 Å². The van der Waals surface area contributed by atoms with Gasteiger partial charge in [-0.15, -0.1) is 0 Å². The van der Waals surface area contributed by atoms with Gasteiger partial charge in [0.05, 0.1) is 53.6 Å². The van der Waals surface area contributed by atoms with Crippen molar-refractivity contribution in [2.45, 2.75) is 12.6 Å². The van der Waals surface area contributed by atoms with Crippen molar-refractivity contribution >= 4 is 45.9 Å². The molecule has 1 aliphatic heterocycles. The van der Waals surface area contributed by atoms with Gasteiger partial charge in [0.1, 0.15) is 0 Å². The van der Waals surface area contributed by atoms with Crippen molar-refractivity contribution < 1.29 is 14.3 Å². The fourth-order valence-electron chi connectivity index (χ4n) is 5.09. The van der Waals surface area contributed by atoms with E-state index < -0.39 is 0 Å². The topological polar surface area (TPSA) is 96.8 Å². The highest BCUT2D eigenvalue weighted by Gasteiger charge is 2.20. The first-order valence-corrected chi connectivity index (χ1v) is 14.8. The lowest BCUT2D eigenvalue weighted by Crippen LogP contribution is -2.43. The number of morpholine rings is 1. The molecule has 0 bridgehead atoms. The standard InChI is InChI=1S/C32H33Cl2N5O4/c1-37(2)32(42)24-9-5-22(6-10-24)21-3-7-23(8-4-21)29(20-38-11-13-43-14-12-38)35-17-25(40)19-39-30-16-27(34)26(33)15-28(30)36-18-31(39)41/h3-10,15-16,18,29,35H,11-14,17,19-20H2,1-2H3. The number of rotatable bonds is 10. The molecule has 9 nitrogen and oxygen atoms in total. The average molecular weight is 623 g/mol. The van der Waals surface area contributed by atoms with E-state index in [2.05, 4.69) is 27.3 Å². The van der Waals surface area contributed by atoms with Crippen LogP contribution in [-0.2, 0) is 16.1 Å². The molecule has 0 radical (unpaired) electrons. The Hall–Kier alpha value is -3.60. The number of carbonyl (C=O) groups excluding carboxylic acids is 2. The van der Waals surface area contributed by atoms with Gasteiger partial charge in [-0.3, -0.25) is 23.9 Å². The number of halogens is 2. The van der Waals surface area contributed by atoms with Crippen LogP contribution >= 0.6 is 23.2 Å². The smallest absolute Gasteiger partial charge is 0.269 e. The lowest BCUT2D eigenvalue weighted by Gasteiger charge is -2.31. The zero-order valence-corrected chi connectivity index (χ0v) is 25.6. The molecule has 1 unspecified atom stereocenters. The zero-order chi connectivity index (χ0) is 30.5. The molecular weight excluding hydrogens is 589 g/mol. The number of carbonyl (C=O) groups is 2. The summed E-state index contributed by atoms with van der Waals surface area (Å²) in [7, 11) is 3.47. The normalized spacial score (nSPS) is 14.5. The van der Waals surface area contributed by atoms with Crippen molar-refractivity contribution in [1.29, 1.82) is 0 Å². The molecule has 1 atom stereocenters. The number of nitrogens with one attached hydrogen (secondary N) is 1. The number of nitrogens with zero attached hydrogens (tertiary/aromatic N) is 4. The van der Waals surface area contributed by atoms with E-state index in [9.17, 15) is 14.4 Å². The second-order valence-corrected chi connectivity index (χ2v) is 11.5. The number of fused-ring (bicyclic) bond motifs is 1. The molecule has 0 spiro atoms. The maximum atomic E-state index is 13.2. The van der Waals surface area contributed by atoms with Gasteiger partial charge in [0.2, 0.25) is 0 Å². The monoisotopic (exact) mass is 621 g/mol. The molecule has 1 aromatic heterocycles. The van der Waals surface area contributed by atoms with E-state index in [-0.39, 0.29) is 41.4 Å². The molecule has 4 aromatic rings. The largest absolute Gasteiger partial charge is 0.379 e. The van der Waals surface area contributed by atoms with E-state index in [1.54, 1.807) is 31.1 Å². The minimum absolute atomic E-state index is 0.0383. The third-order valence-corrected chi connectivity index (χ3v) is 8.22. The number of ether oxygens (including phenoxy) is 1. The number of hydrogen-bond donors (Lipinski definition) is 1. The SMILES string of the molecule is CN(C)C(=O)c1ccc(-c2ccc(C(CN3CCOCC3)NCC(=O)Cn3c(=O)cnc4cc(Cl)c(Cl)cc43)cc2)cc1. The Morgan fingerprint density at radius 3 is 2.26 bits per heavy atom. The van der Waals surface area contributed by atoms with Gasteiger partial charge in [0.15, 0.2) is 5.78 Å². The highest BCUT2D eigenvalue weighted by molar-refractivity contribution is 6.42. The highest BCUT2D eigenvalue weighted by Crippen LogP contribution is 2.26. The summed E-state index contributed by atoms with van der Waals surface area (Å²) in [6.07, 6.45) is 1.18. The van der Waals surface area contributed by atoms with Gasteiger partial charge in [-0.25, -0.2) is 4.98 Å². The number of ketones is 1.